The fourth-order valence-corrected chi connectivity index (χ4v) is 3.34. The molecular weight excluding hydrogens is 461 g/mol. The highest BCUT2D eigenvalue weighted by molar-refractivity contribution is 9.10. The lowest BCUT2D eigenvalue weighted by atomic mass is 10.0. The summed E-state index contributed by atoms with van der Waals surface area (Å²) in [5, 5.41) is 0.0536. The molecular formula is C23H14BrF3O3. The molecule has 1 aromatic heterocycles. The molecule has 4 aromatic rings. The number of rotatable bonds is 4. The summed E-state index contributed by atoms with van der Waals surface area (Å²) in [6, 6.07) is 19.4. The van der Waals surface area contributed by atoms with Gasteiger partial charge < -0.3 is 9.15 Å². The van der Waals surface area contributed by atoms with E-state index in [-0.39, 0.29) is 23.1 Å². The number of benzene rings is 3. The van der Waals surface area contributed by atoms with E-state index >= 15 is 0 Å². The molecule has 0 aliphatic rings. The molecule has 0 atom stereocenters. The predicted octanol–water partition coefficient (Wildman–Crippen LogP) is 6.82. The van der Waals surface area contributed by atoms with Crippen LogP contribution >= 0.6 is 15.9 Å². The van der Waals surface area contributed by atoms with Gasteiger partial charge in [-0.25, -0.2) is 0 Å². The molecule has 0 amide bonds. The average Bonchev–Trinajstić information content (AvgIpc) is 2.73. The summed E-state index contributed by atoms with van der Waals surface area (Å²) in [5.74, 6) is -1.02. The Morgan fingerprint density at radius 3 is 2.30 bits per heavy atom. The van der Waals surface area contributed by atoms with Crippen LogP contribution in [0.1, 0.15) is 11.3 Å². The van der Waals surface area contributed by atoms with Crippen LogP contribution in [0.15, 0.2) is 86.5 Å². The van der Waals surface area contributed by atoms with Crippen molar-refractivity contribution in [3.05, 3.63) is 98.8 Å². The van der Waals surface area contributed by atoms with Gasteiger partial charge in [-0.1, -0.05) is 58.4 Å². The van der Waals surface area contributed by atoms with Gasteiger partial charge in [0.2, 0.25) is 11.2 Å². The van der Waals surface area contributed by atoms with Gasteiger partial charge in [0.15, 0.2) is 0 Å². The van der Waals surface area contributed by atoms with Crippen molar-refractivity contribution in [2.75, 3.05) is 0 Å². The lowest BCUT2D eigenvalue weighted by Gasteiger charge is -2.13. The van der Waals surface area contributed by atoms with Gasteiger partial charge >= 0.3 is 6.18 Å². The first-order chi connectivity index (χ1) is 14.3. The first kappa shape index (κ1) is 20.2. The molecule has 4 rings (SSSR count). The van der Waals surface area contributed by atoms with Crippen LogP contribution < -0.4 is 10.2 Å². The van der Waals surface area contributed by atoms with Crippen molar-refractivity contribution in [1.82, 2.24) is 0 Å². The Kier molecular flexibility index (Phi) is 5.39. The van der Waals surface area contributed by atoms with Gasteiger partial charge in [-0.3, -0.25) is 4.79 Å². The minimum Gasteiger partial charge on any atom is -0.489 e. The molecule has 0 aliphatic heterocycles. The predicted molar refractivity (Wildman–Crippen MR) is 111 cm³/mol. The number of hydrogen-bond donors (Lipinski definition) is 0. The summed E-state index contributed by atoms with van der Waals surface area (Å²) in [4.78, 5) is 12.9. The van der Waals surface area contributed by atoms with Crippen molar-refractivity contribution in [3.8, 4) is 16.9 Å². The Morgan fingerprint density at radius 1 is 0.933 bits per heavy atom. The van der Waals surface area contributed by atoms with Crippen molar-refractivity contribution in [2.45, 2.75) is 12.8 Å². The molecule has 0 fully saturated rings. The second-order valence-corrected chi connectivity index (χ2v) is 7.49. The van der Waals surface area contributed by atoms with Gasteiger partial charge in [0.25, 0.3) is 0 Å². The smallest absolute Gasteiger partial charge is 0.450 e. The van der Waals surface area contributed by atoms with E-state index in [1.54, 1.807) is 24.3 Å². The Balaban J connectivity index is 1.77. The maximum atomic E-state index is 13.7. The molecule has 30 heavy (non-hydrogen) atoms. The topological polar surface area (TPSA) is 39.4 Å². The number of ether oxygens (including phenoxy) is 1. The Hall–Kier alpha value is -3.06. The zero-order valence-corrected chi connectivity index (χ0v) is 17.0. The largest absolute Gasteiger partial charge is 0.489 e. The van der Waals surface area contributed by atoms with E-state index in [0.29, 0.717) is 5.75 Å². The summed E-state index contributed by atoms with van der Waals surface area (Å²) in [6.07, 6.45) is -4.83. The molecule has 0 bridgehead atoms. The van der Waals surface area contributed by atoms with Crippen LogP contribution in [0, 0.1) is 0 Å². The Morgan fingerprint density at radius 2 is 1.63 bits per heavy atom. The quantitative estimate of drug-likeness (QED) is 0.325. The van der Waals surface area contributed by atoms with Crippen molar-refractivity contribution < 1.29 is 22.3 Å². The van der Waals surface area contributed by atoms with Gasteiger partial charge in [0, 0.05) is 10.5 Å². The molecule has 0 N–H and O–H groups in total. The lowest BCUT2D eigenvalue weighted by molar-refractivity contribution is -0.152. The normalized spacial score (nSPS) is 11.6. The van der Waals surface area contributed by atoms with Crippen LogP contribution in [0.4, 0.5) is 13.2 Å². The number of hydrogen-bond acceptors (Lipinski definition) is 3. The highest BCUT2D eigenvalue weighted by atomic mass is 79.9. The fraction of sp³-hybridized carbons (Fsp3) is 0.0870. The molecule has 1 heterocycles. The van der Waals surface area contributed by atoms with Crippen LogP contribution in [0.3, 0.4) is 0 Å². The summed E-state index contributed by atoms with van der Waals surface area (Å²) >= 11 is 3.35. The molecule has 0 saturated carbocycles. The summed E-state index contributed by atoms with van der Waals surface area (Å²) in [6.45, 7) is 0.219. The van der Waals surface area contributed by atoms with E-state index in [9.17, 15) is 18.0 Å². The summed E-state index contributed by atoms with van der Waals surface area (Å²) in [7, 11) is 0. The first-order valence-corrected chi connectivity index (χ1v) is 9.73. The minimum atomic E-state index is -4.83. The second-order valence-electron chi connectivity index (χ2n) is 6.57. The highest BCUT2D eigenvalue weighted by Crippen LogP contribution is 2.37. The third-order valence-corrected chi connectivity index (χ3v) is 5.03. The zero-order chi connectivity index (χ0) is 21.3. The number of halogens is 4. The van der Waals surface area contributed by atoms with Crippen LogP contribution in [0.2, 0.25) is 0 Å². The van der Waals surface area contributed by atoms with E-state index in [4.69, 9.17) is 9.15 Å². The maximum absolute atomic E-state index is 13.7. The van der Waals surface area contributed by atoms with Crippen molar-refractivity contribution in [3.63, 3.8) is 0 Å². The third-order valence-electron chi connectivity index (χ3n) is 4.50. The van der Waals surface area contributed by atoms with Gasteiger partial charge in [-0.05, 0) is 35.4 Å². The Bertz CT molecular complexity index is 1250. The fourth-order valence-electron chi connectivity index (χ4n) is 3.08. The van der Waals surface area contributed by atoms with Crippen molar-refractivity contribution >= 4 is 26.9 Å². The van der Waals surface area contributed by atoms with Gasteiger partial charge in [-0.15, -0.1) is 0 Å². The van der Waals surface area contributed by atoms with E-state index in [1.807, 2.05) is 24.3 Å². The first-order valence-electron chi connectivity index (χ1n) is 8.93. The monoisotopic (exact) mass is 474 g/mol. The molecule has 0 spiro atoms. The SMILES string of the molecule is O=c1c(-c2ccccc2)c(C(F)(F)F)oc2cc(OCc3ccc(Br)cc3)ccc12. The van der Waals surface area contributed by atoms with E-state index in [0.717, 1.165) is 10.0 Å². The third kappa shape index (κ3) is 4.11. The van der Waals surface area contributed by atoms with Gasteiger partial charge in [-0.2, -0.15) is 13.2 Å². The molecule has 0 radical (unpaired) electrons. The van der Waals surface area contributed by atoms with Crippen LogP contribution in [0.5, 0.6) is 5.75 Å². The maximum Gasteiger partial charge on any atom is 0.450 e. The van der Waals surface area contributed by atoms with Crippen molar-refractivity contribution in [2.24, 2.45) is 0 Å². The van der Waals surface area contributed by atoms with E-state index in [1.165, 1.54) is 24.3 Å². The lowest BCUT2D eigenvalue weighted by Crippen LogP contribution is -2.16. The molecule has 3 aromatic carbocycles. The standard InChI is InChI=1S/C23H14BrF3O3/c24-16-8-6-14(7-9-16)13-29-17-10-11-18-19(12-17)30-22(23(25,26)27)20(21(18)28)15-4-2-1-3-5-15/h1-12H,13H2. The molecule has 152 valence electrons. The molecule has 0 unspecified atom stereocenters. The molecule has 0 saturated heterocycles. The zero-order valence-electron chi connectivity index (χ0n) is 15.4. The minimum absolute atomic E-state index is 0.0536. The molecule has 7 heteroatoms. The summed E-state index contributed by atoms with van der Waals surface area (Å²) < 4.78 is 52.8. The van der Waals surface area contributed by atoms with E-state index in [2.05, 4.69) is 15.9 Å². The molecule has 0 aliphatic carbocycles. The van der Waals surface area contributed by atoms with Crippen LogP contribution in [-0.4, -0.2) is 0 Å². The van der Waals surface area contributed by atoms with Gasteiger partial charge in [0.1, 0.15) is 17.9 Å². The van der Waals surface area contributed by atoms with Crippen LogP contribution in [-0.2, 0) is 12.8 Å². The average molecular weight is 475 g/mol. The summed E-state index contributed by atoms with van der Waals surface area (Å²) in [5.41, 5.74) is -0.389. The van der Waals surface area contributed by atoms with E-state index < -0.39 is 22.9 Å². The second kappa shape index (κ2) is 7.99. The number of fused-ring (bicyclic) bond motifs is 1. The van der Waals surface area contributed by atoms with Gasteiger partial charge in [0.05, 0.1) is 10.9 Å². The number of alkyl halides is 3. The highest BCUT2D eigenvalue weighted by Gasteiger charge is 2.39. The van der Waals surface area contributed by atoms with Crippen LogP contribution in [0.25, 0.3) is 22.1 Å². The Labute approximate surface area is 177 Å². The van der Waals surface area contributed by atoms with Crippen molar-refractivity contribution in [1.29, 1.82) is 0 Å². The molecule has 3 nitrogen and oxygen atoms in total.